The molecule has 1 aromatic carbocycles. The van der Waals surface area contributed by atoms with E-state index in [0.29, 0.717) is 5.25 Å². The van der Waals surface area contributed by atoms with Gasteiger partial charge in [0.1, 0.15) is 0 Å². The Morgan fingerprint density at radius 3 is 2.86 bits per heavy atom. The second-order valence-corrected chi connectivity index (χ2v) is 7.94. The van der Waals surface area contributed by atoms with Crippen LogP contribution in [-0.2, 0) is 4.79 Å². The van der Waals surface area contributed by atoms with E-state index in [2.05, 4.69) is 38.2 Å². The molecule has 0 aliphatic heterocycles. The monoisotopic (exact) mass is 320 g/mol. The normalized spacial score (nSPS) is 23.1. The number of thioether (sulfide) groups is 1. The predicted molar refractivity (Wildman–Crippen MR) is 95.4 cm³/mol. The Morgan fingerprint density at radius 1 is 1.45 bits per heavy atom. The van der Waals surface area contributed by atoms with Gasteiger partial charge in [0.2, 0.25) is 5.91 Å². The number of amides is 1. The van der Waals surface area contributed by atoms with E-state index in [1.165, 1.54) is 4.90 Å². The lowest BCUT2D eigenvalue weighted by atomic mass is 9.85. The second kappa shape index (κ2) is 8.02. The predicted octanol–water partition coefficient (Wildman–Crippen LogP) is 4.34. The third-order valence-electron chi connectivity index (χ3n) is 4.45. The molecule has 3 nitrogen and oxygen atoms in total. The molecule has 1 amide bonds. The summed E-state index contributed by atoms with van der Waals surface area (Å²) >= 11 is 1.88. The highest BCUT2D eigenvalue weighted by Gasteiger charge is 2.25. The number of anilines is 1. The van der Waals surface area contributed by atoms with Gasteiger partial charge in [-0.25, -0.2) is 0 Å². The van der Waals surface area contributed by atoms with Crippen LogP contribution in [0, 0.1) is 12.8 Å². The summed E-state index contributed by atoms with van der Waals surface area (Å²) in [5.41, 5.74) is 8.04. The fourth-order valence-corrected chi connectivity index (χ4v) is 3.89. The molecule has 1 aliphatic rings. The average molecular weight is 321 g/mol. The van der Waals surface area contributed by atoms with Crippen molar-refractivity contribution in [1.82, 2.24) is 0 Å². The van der Waals surface area contributed by atoms with E-state index >= 15 is 0 Å². The Bertz CT molecular complexity index is 518. The number of nitrogens with one attached hydrogen (secondary N) is 1. The molecule has 3 atom stereocenters. The first-order valence-corrected chi connectivity index (χ1v) is 9.21. The molecule has 3 N–H and O–H groups in total. The third-order valence-corrected chi connectivity index (χ3v) is 5.72. The van der Waals surface area contributed by atoms with E-state index in [0.717, 1.165) is 43.4 Å². The summed E-state index contributed by atoms with van der Waals surface area (Å²) < 4.78 is 0. The summed E-state index contributed by atoms with van der Waals surface area (Å²) in [4.78, 5) is 13.7. The lowest BCUT2D eigenvalue weighted by Gasteiger charge is -2.26. The smallest absolute Gasteiger partial charge is 0.227 e. The van der Waals surface area contributed by atoms with Crippen LogP contribution < -0.4 is 11.1 Å². The van der Waals surface area contributed by atoms with Crippen molar-refractivity contribution in [3.05, 3.63) is 23.8 Å². The minimum Gasteiger partial charge on any atom is -0.328 e. The van der Waals surface area contributed by atoms with E-state index in [1.807, 2.05) is 17.8 Å². The van der Waals surface area contributed by atoms with Crippen LogP contribution in [0.1, 0.15) is 51.5 Å². The van der Waals surface area contributed by atoms with Crippen molar-refractivity contribution in [2.24, 2.45) is 11.7 Å². The minimum absolute atomic E-state index is 0.0670. The summed E-state index contributed by atoms with van der Waals surface area (Å²) in [6.07, 6.45) is 5.03. The lowest BCUT2D eigenvalue weighted by molar-refractivity contribution is -0.120. The molecule has 22 heavy (non-hydrogen) atoms. The SMILES string of the molecule is CCC(C)Sc1ccc(NC(=O)C2CCCC(N)C2)c(C)c1. The number of benzene rings is 1. The zero-order chi connectivity index (χ0) is 16.1. The van der Waals surface area contributed by atoms with Crippen LogP contribution in [0.4, 0.5) is 5.69 Å². The van der Waals surface area contributed by atoms with Crippen LogP contribution in [0.5, 0.6) is 0 Å². The number of nitrogens with two attached hydrogens (primary N) is 1. The summed E-state index contributed by atoms with van der Waals surface area (Å²) in [6, 6.07) is 6.48. The Balaban J connectivity index is 1.99. The Kier molecular flexibility index (Phi) is 6.33. The van der Waals surface area contributed by atoms with Crippen LogP contribution in [0.15, 0.2) is 23.1 Å². The van der Waals surface area contributed by atoms with Crippen molar-refractivity contribution in [1.29, 1.82) is 0 Å². The van der Waals surface area contributed by atoms with Crippen molar-refractivity contribution < 1.29 is 4.79 Å². The number of carbonyl (C=O) groups is 1. The van der Waals surface area contributed by atoms with Crippen molar-refractivity contribution in [2.45, 2.75) is 69.1 Å². The molecule has 1 aromatic rings. The molecular weight excluding hydrogens is 292 g/mol. The van der Waals surface area contributed by atoms with Crippen LogP contribution in [0.25, 0.3) is 0 Å². The minimum atomic E-state index is 0.0670. The highest BCUT2D eigenvalue weighted by molar-refractivity contribution is 7.99. The molecule has 0 aromatic heterocycles. The Labute approximate surface area is 138 Å². The summed E-state index contributed by atoms with van der Waals surface area (Å²) in [6.45, 7) is 6.50. The summed E-state index contributed by atoms with van der Waals surface area (Å²) in [5.74, 6) is 0.192. The maximum absolute atomic E-state index is 12.4. The Hall–Kier alpha value is -1.00. The molecule has 0 saturated heterocycles. The van der Waals surface area contributed by atoms with Crippen LogP contribution >= 0.6 is 11.8 Å². The first kappa shape index (κ1) is 17.4. The number of hydrogen-bond acceptors (Lipinski definition) is 3. The number of hydrogen-bond donors (Lipinski definition) is 2. The molecular formula is C18H28N2OS. The molecule has 2 rings (SSSR count). The fraction of sp³-hybridized carbons (Fsp3) is 0.611. The highest BCUT2D eigenvalue weighted by atomic mass is 32.2. The molecule has 0 radical (unpaired) electrons. The summed E-state index contributed by atoms with van der Waals surface area (Å²) in [5, 5.41) is 3.71. The second-order valence-electron chi connectivity index (χ2n) is 6.43. The van der Waals surface area contributed by atoms with Gasteiger partial charge in [0.25, 0.3) is 0 Å². The highest BCUT2D eigenvalue weighted by Crippen LogP contribution is 2.29. The van der Waals surface area contributed by atoms with Crippen molar-refractivity contribution in [2.75, 3.05) is 5.32 Å². The quantitative estimate of drug-likeness (QED) is 0.793. The van der Waals surface area contributed by atoms with Gasteiger partial charge in [-0.05, 0) is 56.4 Å². The van der Waals surface area contributed by atoms with Gasteiger partial charge < -0.3 is 11.1 Å². The molecule has 1 aliphatic carbocycles. The van der Waals surface area contributed by atoms with Gasteiger partial charge in [-0.3, -0.25) is 4.79 Å². The van der Waals surface area contributed by atoms with Crippen LogP contribution in [0.2, 0.25) is 0 Å². The van der Waals surface area contributed by atoms with Crippen molar-refractivity contribution >= 4 is 23.4 Å². The first-order valence-electron chi connectivity index (χ1n) is 8.33. The standard InChI is InChI=1S/C18H28N2OS/c1-4-13(3)22-16-8-9-17(12(2)10-16)20-18(21)14-6-5-7-15(19)11-14/h8-10,13-15H,4-7,11,19H2,1-3H3,(H,20,21). The van der Waals surface area contributed by atoms with Crippen molar-refractivity contribution in [3.8, 4) is 0 Å². The van der Waals surface area contributed by atoms with Crippen LogP contribution in [-0.4, -0.2) is 17.2 Å². The first-order chi connectivity index (χ1) is 10.5. The molecule has 3 unspecified atom stereocenters. The third kappa shape index (κ3) is 4.75. The number of aryl methyl sites for hydroxylation is 1. The van der Waals surface area contributed by atoms with Crippen LogP contribution in [0.3, 0.4) is 0 Å². The molecule has 0 spiro atoms. The molecule has 1 fully saturated rings. The maximum atomic E-state index is 12.4. The topological polar surface area (TPSA) is 55.1 Å². The van der Waals surface area contributed by atoms with Gasteiger partial charge >= 0.3 is 0 Å². The van der Waals surface area contributed by atoms with E-state index in [4.69, 9.17) is 5.73 Å². The zero-order valence-electron chi connectivity index (χ0n) is 13.9. The van der Waals surface area contributed by atoms with E-state index in [1.54, 1.807) is 0 Å². The molecule has 1 saturated carbocycles. The molecule has 122 valence electrons. The zero-order valence-corrected chi connectivity index (χ0v) is 14.7. The maximum Gasteiger partial charge on any atom is 0.227 e. The molecule has 0 bridgehead atoms. The number of carbonyl (C=O) groups excluding carboxylic acids is 1. The summed E-state index contributed by atoms with van der Waals surface area (Å²) in [7, 11) is 0. The van der Waals surface area contributed by atoms with Gasteiger partial charge in [0.05, 0.1) is 0 Å². The average Bonchev–Trinajstić information content (AvgIpc) is 2.49. The Morgan fingerprint density at radius 2 is 2.23 bits per heavy atom. The van der Waals surface area contributed by atoms with E-state index in [9.17, 15) is 4.79 Å². The molecule has 0 heterocycles. The van der Waals surface area contributed by atoms with Gasteiger partial charge in [-0.15, -0.1) is 11.8 Å². The molecule has 4 heteroatoms. The van der Waals surface area contributed by atoms with E-state index < -0.39 is 0 Å². The van der Waals surface area contributed by atoms with Gasteiger partial charge in [0, 0.05) is 27.8 Å². The fourth-order valence-electron chi connectivity index (χ4n) is 2.87. The lowest BCUT2D eigenvalue weighted by Crippen LogP contribution is -2.34. The largest absolute Gasteiger partial charge is 0.328 e. The van der Waals surface area contributed by atoms with Gasteiger partial charge in [0.15, 0.2) is 0 Å². The van der Waals surface area contributed by atoms with Crippen molar-refractivity contribution in [3.63, 3.8) is 0 Å². The van der Waals surface area contributed by atoms with Gasteiger partial charge in [-0.1, -0.05) is 20.3 Å². The van der Waals surface area contributed by atoms with E-state index in [-0.39, 0.29) is 17.9 Å². The van der Waals surface area contributed by atoms with Gasteiger partial charge in [-0.2, -0.15) is 0 Å². The number of rotatable bonds is 5.